The lowest BCUT2D eigenvalue weighted by Gasteiger charge is -2.09. The first kappa shape index (κ1) is 17.7. The number of benzene rings is 1. The average Bonchev–Trinajstić information content (AvgIpc) is 2.54. The third-order valence-corrected chi connectivity index (χ3v) is 3.60. The van der Waals surface area contributed by atoms with Gasteiger partial charge in [0.1, 0.15) is 5.56 Å². The molecule has 0 radical (unpaired) electrons. The number of amides is 1. The molecule has 0 fully saturated rings. The molecule has 0 aliphatic rings. The molecule has 0 atom stereocenters. The molecular weight excluding hydrogens is 332 g/mol. The number of H-pyrrole nitrogens is 1. The normalized spacial score (nSPS) is 10.3. The maximum absolute atomic E-state index is 12.2. The number of hydrogen-bond acceptors (Lipinski definition) is 4. The van der Waals surface area contributed by atoms with Gasteiger partial charge in [-0.05, 0) is 37.6 Å². The van der Waals surface area contributed by atoms with Crippen molar-refractivity contribution in [2.45, 2.75) is 20.4 Å². The minimum atomic E-state index is -0.585. The van der Waals surface area contributed by atoms with Crippen LogP contribution in [-0.2, 0) is 11.3 Å². The number of nitrogens with one attached hydrogen (secondary N) is 2. The number of halogens is 1. The Morgan fingerprint density at radius 3 is 2.50 bits per heavy atom. The van der Waals surface area contributed by atoms with Crippen LogP contribution in [0, 0.1) is 6.92 Å². The van der Waals surface area contributed by atoms with E-state index in [-0.39, 0.29) is 24.3 Å². The van der Waals surface area contributed by atoms with Crippen LogP contribution in [0.1, 0.15) is 38.9 Å². The van der Waals surface area contributed by atoms with Crippen LogP contribution in [0.15, 0.2) is 35.1 Å². The number of aromatic amines is 1. The number of carbonyl (C=O) groups is 2. The van der Waals surface area contributed by atoms with E-state index in [0.717, 1.165) is 5.56 Å². The predicted molar refractivity (Wildman–Crippen MR) is 90.4 cm³/mol. The molecule has 1 amide bonds. The summed E-state index contributed by atoms with van der Waals surface area (Å²) in [5.41, 5.74) is 0.648. The molecule has 1 heterocycles. The van der Waals surface area contributed by atoms with E-state index in [1.807, 2.05) is 0 Å². The Hall–Kier alpha value is -2.60. The highest BCUT2D eigenvalue weighted by Crippen LogP contribution is 2.10. The quantitative estimate of drug-likeness (QED) is 0.812. The minimum absolute atomic E-state index is 0.141. The van der Waals surface area contributed by atoms with Gasteiger partial charge in [0.05, 0.1) is 12.2 Å². The van der Waals surface area contributed by atoms with Crippen molar-refractivity contribution in [3.05, 3.63) is 68.1 Å². The summed E-state index contributed by atoms with van der Waals surface area (Å²) in [6, 6.07) is 8.21. The van der Waals surface area contributed by atoms with Crippen LogP contribution >= 0.6 is 11.6 Å². The van der Waals surface area contributed by atoms with E-state index in [4.69, 9.17) is 16.3 Å². The first-order valence-electron chi connectivity index (χ1n) is 7.36. The number of aromatic nitrogens is 1. The van der Waals surface area contributed by atoms with Gasteiger partial charge in [0.25, 0.3) is 11.5 Å². The van der Waals surface area contributed by atoms with Crippen LogP contribution in [0.25, 0.3) is 0 Å². The van der Waals surface area contributed by atoms with Crippen LogP contribution < -0.4 is 10.9 Å². The van der Waals surface area contributed by atoms with Crippen LogP contribution in [0.3, 0.4) is 0 Å². The largest absolute Gasteiger partial charge is 0.462 e. The van der Waals surface area contributed by atoms with Crippen molar-refractivity contribution < 1.29 is 14.3 Å². The van der Waals surface area contributed by atoms with Crippen molar-refractivity contribution in [2.75, 3.05) is 6.61 Å². The number of aryl methyl sites for hydroxylation is 1. The molecule has 2 rings (SSSR count). The van der Waals surface area contributed by atoms with Crippen molar-refractivity contribution in [2.24, 2.45) is 0 Å². The van der Waals surface area contributed by atoms with Crippen LogP contribution in [0.2, 0.25) is 5.02 Å². The van der Waals surface area contributed by atoms with Gasteiger partial charge in [0.15, 0.2) is 0 Å². The second-order valence-electron chi connectivity index (χ2n) is 5.08. The molecule has 0 spiro atoms. The molecule has 24 heavy (non-hydrogen) atoms. The maximum Gasteiger partial charge on any atom is 0.339 e. The Morgan fingerprint density at radius 2 is 1.88 bits per heavy atom. The van der Waals surface area contributed by atoms with Gasteiger partial charge in [-0.1, -0.05) is 23.7 Å². The number of rotatable bonds is 5. The molecule has 126 valence electrons. The van der Waals surface area contributed by atoms with Crippen LogP contribution in [0.5, 0.6) is 0 Å². The number of hydrogen-bond donors (Lipinski definition) is 2. The molecule has 0 unspecified atom stereocenters. The van der Waals surface area contributed by atoms with E-state index in [0.29, 0.717) is 10.7 Å². The van der Waals surface area contributed by atoms with Gasteiger partial charge in [0, 0.05) is 17.3 Å². The Labute approximate surface area is 143 Å². The third kappa shape index (κ3) is 4.23. The lowest BCUT2D eigenvalue weighted by Crippen LogP contribution is -2.30. The molecule has 0 bridgehead atoms. The molecule has 1 aromatic carbocycles. The van der Waals surface area contributed by atoms with Crippen LogP contribution in [-0.4, -0.2) is 23.5 Å². The molecule has 7 heteroatoms. The van der Waals surface area contributed by atoms with Crippen LogP contribution in [0.4, 0.5) is 0 Å². The summed E-state index contributed by atoms with van der Waals surface area (Å²) in [4.78, 5) is 38.6. The number of esters is 1. The summed E-state index contributed by atoms with van der Waals surface area (Å²) >= 11 is 5.80. The molecule has 0 saturated carbocycles. The Bertz CT molecular complexity index is 812. The van der Waals surface area contributed by atoms with Gasteiger partial charge < -0.3 is 15.0 Å². The first-order valence-corrected chi connectivity index (χ1v) is 7.74. The fourth-order valence-corrected chi connectivity index (χ4v) is 2.22. The van der Waals surface area contributed by atoms with Gasteiger partial charge in [-0.15, -0.1) is 0 Å². The summed E-state index contributed by atoms with van der Waals surface area (Å²) in [5, 5.41) is 3.24. The monoisotopic (exact) mass is 348 g/mol. The second kappa shape index (κ2) is 7.79. The van der Waals surface area contributed by atoms with Gasteiger partial charge in [-0.2, -0.15) is 0 Å². The number of pyridine rings is 1. The van der Waals surface area contributed by atoms with Crippen molar-refractivity contribution in [3.63, 3.8) is 0 Å². The van der Waals surface area contributed by atoms with Crippen molar-refractivity contribution in [1.82, 2.24) is 10.3 Å². The number of ether oxygens (including phenoxy) is 1. The van der Waals surface area contributed by atoms with E-state index >= 15 is 0 Å². The number of carbonyl (C=O) groups excluding carboxylic acids is 2. The molecule has 0 saturated heterocycles. The second-order valence-corrected chi connectivity index (χ2v) is 5.52. The SMILES string of the molecule is CCOC(=O)c1cc(C(=O)NCc2ccc(Cl)cc2)c(=O)[nH]c1C. The minimum Gasteiger partial charge on any atom is -0.462 e. The van der Waals surface area contributed by atoms with Gasteiger partial charge >= 0.3 is 5.97 Å². The Morgan fingerprint density at radius 1 is 1.21 bits per heavy atom. The van der Waals surface area contributed by atoms with Gasteiger partial charge in [-0.25, -0.2) is 4.79 Å². The van der Waals surface area contributed by atoms with E-state index in [1.165, 1.54) is 6.07 Å². The molecular formula is C17H17ClN2O4. The fourth-order valence-electron chi connectivity index (χ4n) is 2.09. The zero-order chi connectivity index (χ0) is 17.7. The summed E-state index contributed by atoms with van der Waals surface area (Å²) in [6.07, 6.45) is 0. The summed E-state index contributed by atoms with van der Waals surface area (Å²) in [7, 11) is 0. The van der Waals surface area contributed by atoms with E-state index in [1.54, 1.807) is 38.1 Å². The Balaban J connectivity index is 2.19. The van der Waals surface area contributed by atoms with E-state index in [2.05, 4.69) is 10.3 Å². The van der Waals surface area contributed by atoms with Gasteiger partial charge in [0.2, 0.25) is 0 Å². The van der Waals surface area contributed by atoms with E-state index < -0.39 is 17.4 Å². The highest BCUT2D eigenvalue weighted by atomic mass is 35.5. The lowest BCUT2D eigenvalue weighted by atomic mass is 10.1. The lowest BCUT2D eigenvalue weighted by molar-refractivity contribution is 0.0525. The van der Waals surface area contributed by atoms with Crippen molar-refractivity contribution in [1.29, 1.82) is 0 Å². The summed E-state index contributed by atoms with van der Waals surface area (Å²) < 4.78 is 4.92. The molecule has 0 aliphatic carbocycles. The van der Waals surface area contributed by atoms with Gasteiger partial charge in [-0.3, -0.25) is 9.59 Å². The fraction of sp³-hybridized carbons (Fsp3) is 0.235. The molecule has 2 N–H and O–H groups in total. The zero-order valence-corrected chi connectivity index (χ0v) is 14.1. The van der Waals surface area contributed by atoms with Crippen molar-refractivity contribution >= 4 is 23.5 Å². The average molecular weight is 349 g/mol. The smallest absolute Gasteiger partial charge is 0.339 e. The zero-order valence-electron chi connectivity index (χ0n) is 13.3. The predicted octanol–water partition coefficient (Wildman–Crippen LogP) is 2.44. The molecule has 6 nitrogen and oxygen atoms in total. The highest BCUT2D eigenvalue weighted by molar-refractivity contribution is 6.30. The van der Waals surface area contributed by atoms with Crippen molar-refractivity contribution in [3.8, 4) is 0 Å². The summed E-state index contributed by atoms with van der Waals surface area (Å²) in [6.45, 7) is 3.69. The molecule has 0 aliphatic heterocycles. The maximum atomic E-state index is 12.2. The first-order chi connectivity index (χ1) is 11.4. The standard InChI is InChI=1S/C17H17ClN2O4/c1-3-24-17(23)13-8-14(16(22)20-10(13)2)15(21)19-9-11-4-6-12(18)7-5-11/h4-8H,3,9H2,1-2H3,(H,19,21)(H,20,22). The third-order valence-electron chi connectivity index (χ3n) is 3.34. The van der Waals surface area contributed by atoms with E-state index in [9.17, 15) is 14.4 Å². The topological polar surface area (TPSA) is 88.3 Å². The summed E-state index contributed by atoms with van der Waals surface area (Å²) in [5.74, 6) is -1.16. The Kier molecular flexibility index (Phi) is 5.76. The highest BCUT2D eigenvalue weighted by Gasteiger charge is 2.18. The molecule has 1 aromatic heterocycles. The molecule has 2 aromatic rings.